The van der Waals surface area contributed by atoms with E-state index in [1.54, 1.807) is 24.3 Å². The minimum Gasteiger partial charge on any atom is -0.478 e. The highest BCUT2D eigenvalue weighted by Crippen LogP contribution is 2.28. The molecule has 2 aromatic carbocycles. The molecule has 0 spiro atoms. The van der Waals surface area contributed by atoms with Gasteiger partial charge in [-0.3, -0.25) is 5.32 Å². The summed E-state index contributed by atoms with van der Waals surface area (Å²) >= 11 is 1.64. The van der Waals surface area contributed by atoms with Crippen LogP contribution in [0.4, 0.5) is 10.5 Å². The number of aryl methyl sites for hydroxylation is 1. The number of aromatic carboxylic acids is 1. The van der Waals surface area contributed by atoms with Crippen molar-refractivity contribution < 1.29 is 23.8 Å². The fourth-order valence-corrected chi connectivity index (χ4v) is 3.67. The summed E-state index contributed by atoms with van der Waals surface area (Å²) in [5.74, 6) is -0.623. The highest BCUT2D eigenvalue weighted by Gasteiger charge is 2.14. The van der Waals surface area contributed by atoms with Crippen LogP contribution in [0, 0.1) is 6.92 Å². The van der Waals surface area contributed by atoms with Gasteiger partial charge in [-0.2, -0.15) is 11.3 Å². The van der Waals surface area contributed by atoms with Gasteiger partial charge in [-0.25, -0.2) is 9.59 Å². The van der Waals surface area contributed by atoms with Gasteiger partial charge in [0, 0.05) is 5.39 Å². The number of fused-ring (bicyclic) bond motifs is 1. The minimum absolute atomic E-state index is 0.00615. The summed E-state index contributed by atoms with van der Waals surface area (Å²) in [6.45, 7) is 1.71. The Morgan fingerprint density at radius 1 is 1.10 bits per heavy atom. The third-order valence-corrected chi connectivity index (χ3v) is 5.09. The first-order valence-electron chi connectivity index (χ1n) is 8.82. The summed E-state index contributed by atoms with van der Waals surface area (Å²) < 4.78 is 10.9. The lowest BCUT2D eigenvalue weighted by molar-refractivity contribution is 0.0698. The fourth-order valence-electron chi connectivity index (χ4n) is 3.00. The molecule has 0 fully saturated rings. The zero-order chi connectivity index (χ0) is 20.4. The van der Waals surface area contributed by atoms with Gasteiger partial charge in [0.05, 0.1) is 11.3 Å². The third kappa shape index (κ3) is 4.14. The first-order chi connectivity index (χ1) is 14.0. The number of anilines is 1. The number of amides is 1. The number of carboxylic acids is 1. The van der Waals surface area contributed by atoms with Crippen LogP contribution in [0.2, 0.25) is 0 Å². The molecule has 0 saturated heterocycles. The first kappa shape index (κ1) is 18.8. The number of hydrogen-bond acceptors (Lipinski definition) is 5. The SMILES string of the molecule is Cc1ccc(NC(=O)OCc2cc3cc(-c4ccsc4)ccc3o2)c(C(=O)O)c1. The quantitative estimate of drug-likeness (QED) is 0.429. The second-order valence-corrected chi connectivity index (χ2v) is 7.31. The lowest BCUT2D eigenvalue weighted by Gasteiger charge is -2.09. The summed E-state index contributed by atoms with van der Waals surface area (Å²) in [6.07, 6.45) is -0.754. The van der Waals surface area contributed by atoms with E-state index in [2.05, 4.69) is 16.8 Å². The van der Waals surface area contributed by atoms with Crippen molar-refractivity contribution in [2.75, 3.05) is 5.32 Å². The fraction of sp³-hybridized carbons (Fsp3) is 0.0909. The van der Waals surface area contributed by atoms with Crippen LogP contribution in [0.5, 0.6) is 0 Å². The number of hydrogen-bond donors (Lipinski definition) is 2. The molecular formula is C22H17NO5S. The van der Waals surface area contributed by atoms with Gasteiger partial charge in [0.2, 0.25) is 0 Å². The molecule has 7 heteroatoms. The van der Waals surface area contributed by atoms with E-state index in [-0.39, 0.29) is 17.9 Å². The lowest BCUT2D eigenvalue weighted by Crippen LogP contribution is -2.16. The Hall–Kier alpha value is -3.58. The van der Waals surface area contributed by atoms with Gasteiger partial charge >= 0.3 is 12.1 Å². The Bertz CT molecular complexity index is 1190. The Balaban J connectivity index is 1.44. The van der Waals surface area contributed by atoms with Crippen molar-refractivity contribution in [3.63, 3.8) is 0 Å². The number of carbonyl (C=O) groups is 2. The summed E-state index contributed by atoms with van der Waals surface area (Å²) in [6, 6.07) is 14.5. The molecule has 0 atom stereocenters. The molecule has 6 nitrogen and oxygen atoms in total. The van der Waals surface area contributed by atoms with Crippen molar-refractivity contribution in [2.24, 2.45) is 0 Å². The van der Waals surface area contributed by atoms with Gasteiger partial charge < -0.3 is 14.3 Å². The molecule has 0 aliphatic rings. The van der Waals surface area contributed by atoms with Gasteiger partial charge in [-0.1, -0.05) is 17.7 Å². The third-order valence-electron chi connectivity index (χ3n) is 4.41. The smallest absolute Gasteiger partial charge is 0.412 e. The largest absolute Gasteiger partial charge is 0.478 e. The first-order valence-corrected chi connectivity index (χ1v) is 9.76. The zero-order valence-corrected chi connectivity index (χ0v) is 16.3. The van der Waals surface area contributed by atoms with Gasteiger partial charge in [-0.15, -0.1) is 0 Å². The van der Waals surface area contributed by atoms with Crippen molar-refractivity contribution >= 4 is 40.1 Å². The molecule has 2 N–H and O–H groups in total. The Kier molecular flexibility index (Phi) is 5.05. The Morgan fingerprint density at radius 2 is 1.97 bits per heavy atom. The number of furan rings is 1. The molecular weight excluding hydrogens is 390 g/mol. The van der Waals surface area contributed by atoms with Crippen LogP contribution in [0.25, 0.3) is 22.1 Å². The van der Waals surface area contributed by atoms with Crippen LogP contribution in [-0.2, 0) is 11.3 Å². The number of benzene rings is 2. The van der Waals surface area contributed by atoms with Crippen molar-refractivity contribution in [1.29, 1.82) is 0 Å². The molecule has 0 aliphatic carbocycles. The Labute approximate surface area is 170 Å². The molecule has 0 unspecified atom stereocenters. The predicted octanol–water partition coefficient (Wildman–Crippen LogP) is 5.92. The number of carbonyl (C=O) groups excluding carboxylic acids is 1. The molecule has 2 heterocycles. The van der Waals surface area contributed by atoms with Gasteiger partial charge in [0.1, 0.15) is 11.3 Å². The number of carboxylic acid groups (broad SMARTS) is 1. The lowest BCUT2D eigenvalue weighted by atomic mass is 10.1. The monoisotopic (exact) mass is 407 g/mol. The number of thiophene rings is 1. The Morgan fingerprint density at radius 3 is 2.72 bits per heavy atom. The van der Waals surface area contributed by atoms with E-state index in [1.807, 2.05) is 29.6 Å². The van der Waals surface area contributed by atoms with E-state index in [0.29, 0.717) is 11.3 Å². The topological polar surface area (TPSA) is 88.8 Å². The zero-order valence-electron chi connectivity index (χ0n) is 15.5. The minimum atomic E-state index is -1.12. The van der Waals surface area contributed by atoms with E-state index in [4.69, 9.17) is 9.15 Å². The maximum absolute atomic E-state index is 12.1. The molecule has 4 aromatic rings. The molecule has 0 aliphatic heterocycles. The molecule has 2 aromatic heterocycles. The van der Waals surface area contributed by atoms with E-state index in [9.17, 15) is 14.7 Å². The van der Waals surface area contributed by atoms with Crippen molar-refractivity contribution in [2.45, 2.75) is 13.5 Å². The van der Waals surface area contributed by atoms with Crippen LogP contribution >= 0.6 is 11.3 Å². The summed E-state index contributed by atoms with van der Waals surface area (Å²) in [4.78, 5) is 23.4. The van der Waals surface area contributed by atoms with E-state index in [0.717, 1.165) is 22.1 Å². The number of rotatable bonds is 5. The van der Waals surface area contributed by atoms with Crippen LogP contribution in [-0.4, -0.2) is 17.2 Å². The van der Waals surface area contributed by atoms with Crippen molar-refractivity contribution in [3.05, 3.63) is 76.2 Å². The van der Waals surface area contributed by atoms with Crippen LogP contribution < -0.4 is 5.32 Å². The van der Waals surface area contributed by atoms with Gasteiger partial charge in [0.25, 0.3) is 0 Å². The second-order valence-electron chi connectivity index (χ2n) is 6.53. The van der Waals surface area contributed by atoms with E-state index < -0.39 is 12.1 Å². The normalized spacial score (nSPS) is 10.8. The molecule has 4 rings (SSSR count). The standard InChI is InChI=1S/C22H17NO5S/c1-13-2-4-19(18(8-13)21(24)25)23-22(26)27-11-17-10-16-9-14(3-5-20(16)28-17)15-6-7-29-12-15/h2-10,12H,11H2,1H3,(H,23,26)(H,24,25). The predicted molar refractivity (Wildman–Crippen MR) is 111 cm³/mol. The van der Waals surface area contributed by atoms with E-state index >= 15 is 0 Å². The summed E-state index contributed by atoms with van der Waals surface area (Å²) in [5.41, 5.74) is 3.90. The number of ether oxygens (including phenoxy) is 1. The highest BCUT2D eigenvalue weighted by atomic mass is 32.1. The maximum Gasteiger partial charge on any atom is 0.412 e. The number of nitrogens with one attached hydrogen (secondary N) is 1. The van der Waals surface area contributed by atoms with Gasteiger partial charge in [0.15, 0.2) is 6.61 Å². The maximum atomic E-state index is 12.1. The van der Waals surface area contributed by atoms with Crippen LogP contribution in [0.1, 0.15) is 21.7 Å². The molecule has 29 heavy (non-hydrogen) atoms. The average Bonchev–Trinajstić information content (AvgIpc) is 3.36. The molecule has 0 radical (unpaired) electrons. The molecule has 0 bridgehead atoms. The summed E-state index contributed by atoms with van der Waals surface area (Å²) in [5, 5.41) is 16.8. The van der Waals surface area contributed by atoms with Gasteiger partial charge in [-0.05, 0) is 65.2 Å². The molecule has 146 valence electrons. The highest BCUT2D eigenvalue weighted by molar-refractivity contribution is 7.08. The van der Waals surface area contributed by atoms with Crippen LogP contribution in [0.3, 0.4) is 0 Å². The summed E-state index contributed by atoms with van der Waals surface area (Å²) in [7, 11) is 0. The molecule has 0 saturated carbocycles. The molecule has 1 amide bonds. The van der Waals surface area contributed by atoms with Crippen molar-refractivity contribution in [3.8, 4) is 11.1 Å². The van der Waals surface area contributed by atoms with Crippen molar-refractivity contribution in [1.82, 2.24) is 0 Å². The van der Waals surface area contributed by atoms with Crippen LogP contribution in [0.15, 0.2) is 63.7 Å². The second kappa shape index (κ2) is 7.81. The van der Waals surface area contributed by atoms with E-state index in [1.165, 1.54) is 12.1 Å². The average molecular weight is 407 g/mol.